The van der Waals surface area contributed by atoms with Crippen molar-refractivity contribution in [2.75, 3.05) is 0 Å². The van der Waals surface area contributed by atoms with E-state index >= 15 is 0 Å². The molecule has 1 aliphatic rings. The van der Waals surface area contributed by atoms with Gasteiger partial charge in [0, 0.05) is 0 Å². The van der Waals surface area contributed by atoms with Crippen molar-refractivity contribution in [3.63, 3.8) is 0 Å². The molecule has 2 heteroatoms. The summed E-state index contributed by atoms with van der Waals surface area (Å²) in [4.78, 5) is 0. The Balaban J connectivity index is 2.94. The molecule has 1 aromatic carbocycles. The van der Waals surface area contributed by atoms with E-state index in [0.717, 1.165) is 0 Å². The van der Waals surface area contributed by atoms with Crippen LogP contribution >= 0.6 is 0 Å². The van der Waals surface area contributed by atoms with Gasteiger partial charge in [0.05, 0.1) is 16.1 Å². The summed E-state index contributed by atoms with van der Waals surface area (Å²) in [6.45, 7) is 24.8. The number of benzene rings is 1. The lowest BCUT2D eigenvalue weighted by molar-refractivity contribution is 0.533. The zero-order valence-corrected chi connectivity index (χ0v) is 18.6. The third kappa shape index (κ3) is 3.01. The lowest BCUT2D eigenvalue weighted by atomic mass is 9.75. The van der Waals surface area contributed by atoms with E-state index in [0.29, 0.717) is 0 Å². The molecule has 0 spiro atoms. The zero-order valence-electron chi connectivity index (χ0n) is 16.6. The van der Waals surface area contributed by atoms with Crippen molar-refractivity contribution >= 4 is 26.5 Å². The Labute approximate surface area is 140 Å². The van der Waals surface area contributed by atoms with E-state index in [-0.39, 0.29) is 10.8 Å². The number of hydrogen-bond acceptors (Lipinski definition) is 0. The lowest BCUT2D eigenvalue weighted by Gasteiger charge is -2.45. The number of fused-ring (bicyclic) bond motifs is 1. The first kappa shape index (κ1) is 18.0. The highest BCUT2D eigenvalue weighted by molar-refractivity contribution is 7.03. The maximum absolute atomic E-state index is 2.61. The van der Waals surface area contributed by atoms with Crippen molar-refractivity contribution in [3.8, 4) is 0 Å². The average Bonchev–Trinajstić information content (AvgIpc) is 2.31. The summed E-state index contributed by atoms with van der Waals surface area (Å²) in [5, 5.41) is 3.63. The maximum atomic E-state index is 2.61. The highest BCUT2D eigenvalue weighted by atomic mass is 28.3. The molecule has 0 bridgehead atoms. The minimum atomic E-state index is -1.33. The molecule has 0 unspecified atom stereocenters. The van der Waals surface area contributed by atoms with Gasteiger partial charge >= 0.3 is 0 Å². The van der Waals surface area contributed by atoms with Gasteiger partial charge in [-0.25, -0.2) is 0 Å². The smallest absolute Gasteiger partial charge is 0.0654 e. The summed E-state index contributed by atoms with van der Waals surface area (Å²) < 4.78 is 0. The predicted molar refractivity (Wildman–Crippen MR) is 108 cm³/mol. The van der Waals surface area contributed by atoms with Gasteiger partial charge in [-0.15, -0.1) is 0 Å². The molecule has 0 aromatic heterocycles. The maximum Gasteiger partial charge on any atom is 0.0806 e. The molecule has 0 atom stereocenters. The van der Waals surface area contributed by atoms with Crippen molar-refractivity contribution < 1.29 is 0 Å². The zero-order chi connectivity index (χ0) is 17.1. The Morgan fingerprint density at radius 2 is 1.23 bits per heavy atom. The van der Waals surface area contributed by atoms with E-state index in [4.69, 9.17) is 0 Å². The van der Waals surface area contributed by atoms with Crippen LogP contribution in [0.4, 0.5) is 0 Å². The largest absolute Gasteiger partial charge is 0.0806 e. The fraction of sp³-hybridized carbons (Fsp3) is 0.700. The van der Waals surface area contributed by atoms with Crippen LogP contribution < -0.4 is 10.4 Å². The molecule has 0 N–H and O–H groups in total. The van der Waals surface area contributed by atoms with Crippen LogP contribution in [-0.4, -0.2) is 16.1 Å². The molecule has 0 saturated heterocycles. The van der Waals surface area contributed by atoms with Crippen LogP contribution in [0.15, 0.2) is 12.1 Å². The van der Waals surface area contributed by atoms with Crippen molar-refractivity contribution in [1.29, 1.82) is 0 Å². The molecule has 1 aromatic rings. The normalized spacial score (nSPS) is 20.6. The Hall–Kier alpha value is -0.346. The predicted octanol–water partition coefficient (Wildman–Crippen LogP) is 5.13. The first-order chi connectivity index (χ1) is 9.68. The van der Waals surface area contributed by atoms with Gasteiger partial charge < -0.3 is 0 Å². The van der Waals surface area contributed by atoms with Gasteiger partial charge in [-0.2, -0.15) is 0 Å². The van der Waals surface area contributed by atoms with Crippen LogP contribution in [-0.2, 0) is 10.8 Å². The van der Waals surface area contributed by atoms with Gasteiger partial charge in [0.15, 0.2) is 0 Å². The van der Waals surface area contributed by atoms with Crippen LogP contribution in [0.3, 0.4) is 0 Å². The summed E-state index contributed by atoms with van der Waals surface area (Å²) in [7, 11) is -2.59. The highest BCUT2D eigenvalue weighted by Crippen LogP contribution is 2.37. The second kappa shape index (κ2) is 5.07. The van der Waals surface area contributed by atoms with E-state index in [1.807, 2.05) is 5.19 Å². The van der Waals surface area contributed by atoms with Crippen molar-refractivity contribution in [1.82, 2.24) is 0 Å². The van der Waals surface area contributed by atoms with E-state index in [9.17, 15) is 0 Å². The van der Waals surface area contributed by atoms with Crippen molar-refractivity contribution in [2.45, 2.75) is 90.6 Å². The Bertz CT molecular complexity index is 566. The fourth-order valence-corrected chi connectivity index (χ4v) is 15.0. The quantitative estimate of drug-likeness (QED) is 0.578. The first-order valence-electron chi connectivity index (χ1n) is 8.87. The van der Waals surface area contributed by atoms with Crippen LogP contribution in [0.5, 0.6) is 0 Å². The van der Waals surface area contributed by atoms with Crippen molar-refractivity contribution in [2.24, 2.45) is 0 Å². The van der Waals surface area contributed by atoms with Gasteiger partial charge in [-0.1, -0.05) is 102 Å². The average molecular weight is 333 g/mol. The summed E-state index contributed by atoms with van der Waals surface area (Å²) in [5.74, 6) is 0. The summed E-state index contributed by atoms with van der Waals surface area (Å²) >= 11 is 0. The Morgan fingerprint density at radius 3 is 1.68 bits per heavy atom. The standard InChI is InChI=1S/C20H36Si2/c1-19(2,3)15-11-12-16-18(17(15)20(4,5)6)22(9,10)14-13-21(16,7)8/h11-12H,13-14H2,1-10H3. The molecular formula is C20H36Si2. The summed E-state index contributed by atoms with van der Waals surface area (Å²) in [6, 6.07) is 7.98. The van der Waals surface area contributed by atoms with Crippen molar-refractivity contribution in [3.05, 3.63) is 23.3 Å². The third-order valence-electron chi connectivity index (χ3n) is 5.54. The van der Waals surface area contributed by atoms with Crippen LogP contribution in [0, 0.1) is 0 Å². The lowest BCUT2D eigenvalue weighted by Crippen LogP contribution is -2.65. The van der Waals surface area contributed by atoms with Gasteiger partial charge in [0.2, 0.25) is 0 Å². The summed E-state index contributed by atoms with van der Waals surface area (Å²) in [6.07, 6.45) is 0. The van der Waals surface area contributed by atoms with Gasteiger partial charge in [-0.05, 0) is 22.0 Å². The van der Waals surface area contributed by atoms with Crippen LogP contribution in [0.2, 0.25) is 38.3 Å². The minimum absolute atomic E-state index is 0.227. The second-order valence-electron chi connectivity index (χ2n) is 10.7. The molecular weight excluding hydrogens is 296 g/mol. The summed E-state index contributed by atoms with van der Waals surface area (Å²) in [5.41, 5.74) is 3.76. The monoisotopic (exact) mass is 332 g/mol. The number of hydrogen-bond donors (Lipinski definition) is 0. The topological polar surface area (TPSA) is 0 Å². The molecule has 0 amide bonds. The van der Waals surface area contributed by atoms with Gasteiger partial charge in [0.1, 0.15) is 0 Å². The molecule has 1 aliphatic heterocycles. The van der Waals surface area contributed by atoms with Gasteiger partial charge in [0.25, 0.3) is 0 Å². The molecule has 124 valence electrons. The van der Waals surface area contributed by atoms with Gasteiger partial charge in [-0.3, -0.25) is 0 Å². The Kier molecular flexibility index (Phi) is 4.15. The molecule has 0 saturated carbocycles. The SMILES string of the molecule is CC(C)(C)c1ccc2c(c1C(C)(C)C)[Si](C)(C)CC[Si]2(C)C. The van der Waals surface area contributed by atoms with E-state index < -0.39 is 16.1 Å². The fourth-order valence-electron chi connectivity index (χ4n) is 4.16. The molecule has 0 aliphatic carbocycles. The van der Waals surface area contributed by atoms with Crippen LogP contribution in [0.1, 0.15) is 52.7 Å². The molecule has 22 heavy (non-hydrogen) atoms. The van der Waals surface area contributed by atoms with E-state index in [1.165, 1.54) is 12.1 Å². The molecule has 0 nitrogen and oxygen atoms in total. The third-order valence-corrected chi connectivity index (χ3v) is 13.0. The molecule has 1 heterocycles. The molecule has 0 radical (unpaired) electrons. The first-order valence-corrected chi connectivity index (χ1v) is 15.3. The van der Waals surface area contributed by atoms with E-state index in [1.54, 1.807) is 16.3 Å². The Morgan fingerprint density at radius 1 is 0.727 bits per heavy atom. The number of rotatable bonds is 0. The van der Waals surface area contributed by atoms with E-state index in [2.05, 4.69) is 79.9 Å². The molecule has 0 fully saturated rings. The second-order valence-corrected chi connectivity index (χ2v) is 20.3. The molecule has 2 rings (SSSR count). The minimum Gasteiger partial charge on any atom is -0.0654 e. The van der Waals surface area contributed by atoms with Crippen LogP contribution in [0.25, 0.3) is 0 Å². The highest BCUT2D eigenvalue weighted by Gasteiger charge is 2.43.